The Balaban J connectivity index is 1.80. The van der Waals surface area contributed by atoms with Crippen LogP contribution in [0.15, 0.2) is 48.5 Å². The lowest BCUT2D eigenvalue weighted by molar-refractivity contribution is -0.160. The van der Waals surface area contributed by atoms with Crippen LogP contribution in [-0.4, -0.2) is 61.9 Å². The van der Waals surface area contributed by atoms with Crippen LogP contribution in [0.4, 0.5) is 0 Å². The van der Waals surface area contributed by atoms with Crippen LogP contribution in [-0.2, 0) is 24.3 Å². The highest BCUT2D eigenvalue weighted by Crippen LogP contribution is 2.52. The number of halogens is 2. The molecule has 2 N–H and O–H groups in total. The molecule has 2 saturated heterocycles. The normalized spacial score (nSPS) is 24.8. The minimum absolute atomic E-state index is 0.129. The molecular weight excluding hydrogens is 563 g/mol. The number of carbonyl (C=O) groups excluding carboxylic acids is 1. The van der Waals surface area contributed by atoms with Crippen molar-refractivity contribution in [1.82, 2.24) is 9.62 Å². The summed E-state index contributed by atoms with van der Waals surface area (Å²) in [5.41, 5.74) is 0.373. The summed E-state index contributed by atoms with van der Waals surface area (Å²) >= 11 is 12.6. The lowest BCUT2D eigenvalue weighted by atomic mass is 9.67. The first-order valence-corrected chi connectivity index (χ1v) is 15.4. The first-order valence-electron chi connectivity index (χ1n) is 13.0. The number of aliphatic carboxylic acids is 1. The van der Waals surface area contributed by atoms with Crippen LogP contribution in [0.25, 0.3) is 0 Å². The van der Waals surface area contributed by atoms with Crippen LogP contribution in [0.5, 0.6) is 0 Å². The van der Waals surface area contributed by atoms with E-state index < -0.39 is 33.5 Å². The number of benzene rings is 2. The maximum absolute atomic E-state index is 14.3. The highest BCUT2D eigenvalue weighted by atomic mass is 35.5. The molecule has 0 aliphatic carbocycles. The first kappa shape index (κ1) is 29.8. The van der Waals surface area contributed by atoms with Crippen molar-refractivity contribution in [1.29, 1.82) is 0 Å². The van der Waals surface area contributed by atoms with Gasteiger partial charge in [-0.3, -0.25) is 9.59 Å². The number of carboxylic acids is 1. The Bertz CT molecular complexity index is 1300. The number of nitrogens with zero attached hydrogens (tertiary/aromatic N) is 1. The van der Waals surface area contributed by atoms with Gasteiger partial charge in [0, 0.05) is 34.5 Å². The van der Waals surface area contributed by atoms with Crippen molar-refractivity contribution in [3.05, 3.63) is 69.7 Å². The fourth-order valence-corrected chi connectivity index (χ4v) is 7.47. The minimum atomic E-state index is -3.76. The molecule has 8 nitrogen and oxygen atoms in total. The highest BCUT2D eigenvalue weighted by molar-refractivity contribution is 7.89. The average Bonchev–Trinajstić information content (AvgIpc) is 2.83. The molecule has 0 radical (unpaired) electrons. The number of hydrogen-bond acceptors (Lipinski definition) is 5. The number of carboxylic acid groups (broad SMARTS) is 1. The molecule has 11 heteroatoms. The molecule has 4 atom stereocenters. The van der Waals surface area contributed by atoms with E-state index in [1.807, 2.05) is 37.3 Å². The number of piperidine rings is 1. The molecule has 0 saturated carbocycles. The van der Waals surface area contributed by atoms with Crippen molar-refractivity contribution in [2.45, 2.75) is 51.1 Å². The summed E-state index contributed by atoms with van der Waals surface area (Å²) in [4.78, 5) is 27.8. The van der Waals surface area contributed by atoms with Gasteiger partial charge < -0.3 is 14.7 Å². The number of ether oxygens (including phenoxy) is 1. The number of sulfonamides is 1. The van der Waals surface area contributed by atoms with E-state index in [2.05, 4.69) is 4.72 Å². The lowest BCUT2D eigenvalue weighted by Gasteiger charge is -2.51. The van der Waals surface area contributed by atoms with Crippen LogP contribution in [0.2, 0.25) is 10.0 Å². The molecule has 2 aromatic carbocycles. The Morgan fingerprint density at radius 2 is 1.85 bits per heavy atom. The van der Waals surface area contributed by atoms with Crippen molar-refractivity contribution in [3.63, 3.8) is 0 Å². The Morgan fingerprint density at radius 3 is 2.41 bits per heavy atom. The zero-order valence-electron chi connectivity index (χ0n) is 22.0. The van der Waals surface area contributed by atoms with Crippen molar-refractivity contribution < 1.29 is 27.9 Å². The predicted octanol–water partition coefficient (Wildman–Crippen LogP) is 4.88. The molecule has 212 valence electrons. The van der Waals surface area contributed by atoms with Crippen molar-refractivity contribution >= 4 is 45.1 Å². The third-order valence-corrected chi connectivity index (χ3v) is 9.62. The zero-order valence-corrected chi connectivity index (χ0v) is 24.3. The molecule has 1 amide bonds. The maximum Gasteiger partial charge on any atom is 0.304 e. The second-order valence-corrected chi connectivity index (χ2v) is 13.5. The standard InChI is InChI=1S/C28H34Cl2N2O6S/c1-3-23(17-39(36,37)31-14-18-15-38-16-18)32-26(19-7-9-21(29)10-8-19)24(20-5-4-6-22(30)11-20)12-28(2,27(32)35)13-25(33)34/h4-11,18,23-24,26,31H,3,12-17H2,1-2H3,(H,33,34)/t23-,24+,26+,28+/m0/s1. The molecule has 2 aliphatic rings. The van der Waals surface area contributed by atoms with Gasteiger partial charge in [-0.1, -0.05) is 61.3 Å². The third-order valence-electron chi connectivity index (χ3n) is 7.71. The van der Waals surface area contributed by atoms with Crippen LogP contribution in [0, 0.1) is 11.3 Å². The Morgan fingerprint density at radius 1 is 1.15 bits per heavy atom. The first-order chi connectivity index (χ1) is 18.4. The number of amides is 1. The quantitative estimate of drug-likeness (QED) is 0.382. The van der Waals surface area contributed by atoms with Gasteiger partial charge in [-0.2, -0.15) is 0 Å². The molecule has 0 bridgehead atoms. The molecule has 2 aliphatic heterocycles. The van der Waals surface area contributed by atoms with Gasteiger partial charge in [-0.05, 0) is 48.2 Å². The van der Waals surface area contributed by atoms with Crippen molar-refractivity contribution in [2.75, 3.05) is 25.5 Å². The zero-order chi connectivity index (χ0) is 28.4. The van der Waals surface area contributed by atoms with Crippen LogP contribution >= 0.6 is 23.2 Å². The second-order valence-electron chi connectivity index (χ2n) is 10.8. The monoisotopic (exact) mass is 596 g/mol. The molecular formula is C28H34Cl2N2O6S. The Labute approximate surface area is 239 Å². The van der Waals surface area contributed by atoms with Gasteiger partial charge in [0.2, 0.25) is 15.9 Å². The van der Waals surface area contributed by atoms with E-state index in [0.29, 0.717) is 29.7 Å². The summed E-state index contributed by atoms with van der Waals surface area (Å²) < 4.78 is 34.2. The second kappa shape index (κ2) is 12.1. The van der Waals surface area contributed by atoms with E-state index >= 15 is 0 Å². The topological polar surface area (TPSA) is 113 Å². The fourth-order valence-electron chi connectivity index (χ4n) is 5.64. The number of hydrogen-bond donors (Lipinski definition) is 2. The molecule has 4 rings (SSSR count). The number of rotatable bonds is 11. The minimum Gasteiger partial charge on any atom is -0.481 e. The molecule has 39 heavy (non-hydrogen) atoms. The van der Waals surface area contributed by atoms with E-state index in [4.69, 9.17) is 27.9 Å². The molecule has 2 fully saturated rings. The van der Waals surface area contributed by atoms with E-state index in [9.17, 15) is 23.1 Å². The van der Waals surface area contributed by atoms with Crippen molar-refractivity contribution in [2.24, 2.45) is 11.3 Å². The summed E-state index contributed by atoms with van der Waals surface area (Å²) in [6.45, 7) is 4.79. The molecule has 0 aromatic heterocycles. The average molecular weight is 598 g/mol. The molecule has 2 aromatic rings. The van der Waals surface area contributed by atoms with E-state index in [0.717, 1.165) is 11.1 Å². The van der Waals surface area contributed by atoms with Gasteiger partial charge in [0.05, 0.1) is 36.8 Å². The smallest absolute Gasteiger partial charge is 0.304 e. The summed E-state index contributed by atoms with van der Waals surface area (Å²) in [5.74, 6) is -1.99. The third kappa shape index (κ3) is 6.95. The predicted molar refractivity (Wildman–Crippen MR) is 150 cm³/mol. The van der Waals surface area contributed by atoms with Gasteiger partial charge >= 0.3 is 5.97 Å². The van der Waals surface area contributed by atoms with Gasteiger partial charge in [0.1, 0.15) is 0 Å². The van der Waals surface area contributed by atoms with Crippen molar-refractivity contribution in [3.8, 4) is 0 Å². The lowest BCUT2D eigenvalue weighted by Crippen LogP contribution is -2.58. The number of carbonyl (C=O) groups is 2. The summed E-state index contributed by atoms with van der Waals surface area (Å²) in [5, 5.41) is 10.8. The van der Waals surface area contributed by atoms with Crippen LogP contribution < -0.4 is 4.72 Å². The van der Waals surface area contributed by atoms with E-state index in [1.165, 1.54) is 0 Å². The number of likely N-dealkylation sites (tertiary alicyclic amines) is 1. The van der Waals surface area contributed by atoms with Gasteiger partial charge in [-0.25, -0.2) is 13.1 Å². The van der Waals surface area contributed by atoms with Crippen LogP contribution in [0.1, 0.15) is 56.2 Å². The molecule has 0 unspecified atom stereocenters. The van der Waals surface area contributed by atoms with Gasteiger partial charge in [0.25, 0.3) is 0 Å². The molecule has 2 heterocycles. The number of nitrogens with one attached hydrogen (secondary N) is 1. The summed E-state index contributed by atoms with van der Waals surface area (Å²) in [6, 6.07) is 13.2. The van der Waals surface area contributed by atoms with E-state index in [1.54, 1.807) is 30.0 Å². The highest BCUT2D eigenvalue weighted by Gasteiger charge is 2.52. The Kier molecular flexibility index (Phi) is 9.28. The van der Waals surface area contributed by atoms with Gasteiger partial charge in [-0.15, -0.1) is 0 Å². The summed E-state index contributed by atoms with van der Waals surface area (Å²) in [6.07, 6.45) is 0.232. The maximum atomic E-state index is 14.3. The largest absolute Gasteiger partial charge is 0.481 e. The SMILES string of the molecule is CC[C@@H](CS(=O)(=O)NCC1COC1)N1C(=O)[C@@](C)(CC(=O)O)C[C@H](c2cccc(Cl)c2)[C@H]1c1ccc(Cl)cc1. The Hall–Kier alpha value is -2.17. The van der Waals surface area contributed by atoms with Gasteiger partial charge in [0.15, 0.2) is 0 Å². The van der Waals surface area contributed by atoms with Crippen LogP contribution in [0.3, 0.4) is 0 Å². The van der Waals surface area contributed by atoms with E-state index in [-0.39, 0.29) is 42.9 Å². The summed E-state index contributed by atoms with van der Waals surface area (Å²) in [7, 11) is -3.76. The fraction of sp³-hybridized carbons (Fsp3) is 0.500. The molecule has 0 spiro atoms.